The van der Waals surface area contributed by atoms with Crippen molar-refractivity contribution in [3.05, 3.63) is 29.3 Å². The first-order valence-corrected chi connectivity index (χ1v) is 6.28. The minimum Gasteiger partial charge on any atom is -0.478 e. The lowest BCUT2D eigenvalue weighted by atomic mass is 10.1. The molecule has 0 aliphatic rings. The normalized spacial score (nSPS) is 11.9. The van der Waals surface area contributed by atoms with E-state index in [4.69, 9.17) is 10.8 Å². The van der Waals surface area contributed by atoms with Crippen LogP contribution in [-0.2, 0) is 4.79 Å². The fourth-order valence-electron chi connectivity index (χ4n) is 1.65. The van der Waals surface area contributed by atoms with Crippen LogP contribution in [0.3, 0.4) is 0 Å². The van der Waals surface area contributed by atoms with Crippen LogP contribution in [0, 0.1) is 12.8 Å². The Kier molecular flexibility index (Phi) is 5.51. The van der Waals surface area contributed by atoms with Crippen molar-refractivity contribution in [2.75, 3.05) is 11.9 Å². The Bertz CT molecular complexity index is 472. The molecule has 0 saturated heterocycles. The number of aryl methyl sites for hydroxylation is 1. The summed E-state index contributed by atoms with van der Waals surface area (Å²) in [5.74, 6) is -0.816. The van der Waals surface area contributed by atoms with Gasteiger partial charge in [-0.25, -0.2) is 4.79 Å². The first-order valence-electron chi connectivity index (χ1n) is 6.28. The number of anilines is 1. The maximum absolute atomic E-state index is 11.7. The second kappa shape index (κ2) is 6.89. The Morgan fingerprint density at radius 2 is 2.11 bits per heavy atom. The van der Waals surface area contributed by atoms with Gasteiger partial charge in [0.15, 0.2) is 0 Å². The van der Waals surface area contributed by atoms with Gasteiger partial charge in [0.05, 0.1) is 5.56 Å². The molecule has 1 aromatic carbocycles. The van der Waals surface area contributed by atoms with E-state index in [1.165, 1.54) is 6.07 Å². The van der Waals surface area contributed by atoms with Crippen LogP contribution in [0.4, 0.5) is 5.69 Å². The van der Waals surface area contributed by atoms with Crippen molar-refractivity contribution in [1.82, 2.24) is 0 Å². The molecule has 4 N–H and O–H groups in total. The number of carboxylic acids is 1. The highest BCUT2D eigenvalue weighted by Gasteiger charge is 2.10. The zero-order valence-corrected chi connectivity index (χ0v) is 11.3. The second-order valence-corrected chi connectivity index (χ2v) is 4.76. The largest absolute Gasteiger partial charge is 0.478 e. The van der Waals surface area contributed by atoms with Crippen molar-refractivity contribution >= 4 is 17.6 Å². The molecule has 5 nitrogen and oxygen atoms in total. The lowest BCUT2D eigenvalue weighted by Crippen LogP contribution is -2.16. The summed E-state index contributed by atoms with van der Waals surface area (Å²) in [4.78, 5) is 22.7. The Morgan fingerprint density at radius 1 is 1.42 bits per heavy atom. The molecular weight excluding hydrogens is 244 g/mol. The van der Waals surface area contributed by atoms with E-state index in [2.05, 4.69) is 5.32 Å². The van der Waals surface area contributed by atoms with Crippen molar-refractivity contribution < 1.29 is 14.7 Å². The van der Waals surface area contributed by atoms with Gasteiger partial charge in [-0.3, -0.25) is 4.79 Å². The summed E-state index contributed by atoms with van der Waals surface area (Å²) in [7, 11) is 0. The number of nitrogens with two attached hydrogens (primary N) is 1. The van der Waals surface area contributed by atoms with Gasteiger partial charge in [-0.15, -0.1) is 0 Å². The number of nitrogens with one attached hydrogen (secondary N) is 1. The number of carboxylic acid groups (broad SMARTS) is 1. The van der Waals surface area contributed by atoms with Crippen molar-refractivity contribution in [1.29, 1.82) is 0 Å². The Morgan fingerprint density at radius 3 is 2.68 bits per heavy atom. The van der Waals surface area contributed by atoms with E-state index in [0.717, 1.165) is 6.42 Å². The first-order chi connectivity index (χ1) is 8.93. The van der Waals surface area contributed by atoms with Gasteiger partial charge in [0, 0.05) is 12.1 Å². The van der Waals surface area contributed by atoms with Crippen LogP contribution in [0.15, 0.2) is 18.2 Å². The quantitative estimate of drug-likeness (QED) is 0.732. The lowest BCUT2D eigenvalue weighted by Gasteiger charge is -2.10. The van der Waals surface area contributed by atoms with Crippen molar-refractivity contribution in [2.24, 2.45) is 11.7 Å². The van der Waals surface area contributed by atoms with Gasteiger partial charge in [-0.05, 0) is 43.5 Å². The monoisotopic (exact) mass is 264 g/mol. The van der Waals surface area contributed by atoms with Gasteiger partial charge in [0.25, 0.3) is 0 Å². The molecule has 1 unspecified atom stereocenters. The third-order valence-corrected chi connectivity index (χ3v) is 3.02. The molecule has 1 aromatic rings. The van der Waals surface area contributed by atoms with Crippen LogP contribution in [0.25, 0.3) is 0 Å². The average molecular weight is 264 g/mol. The van der Waals surface area contributed by atoms with E-state index >= 15 is 0 Å². The number of hydrogen-bond acceptors (Lipinski definition) is 3. The van der Waals surface area contributed by atoms with E-state index in [0.29, 0.717) is 30.1 Å². The highest BCUT2D eigenvalue weighted by molar-refractivity contribution is 5.94. The van der Waals surface area contributed by atoms with Crippen LogP contribution < -0.4 is 11.1 Å². The predicted octanol–water partition coefficient (Wildman–Crippen LogP) is 2.01. The van der Waals surface area contributed by atoms with Crippen LogP contribution in [0.5, 0.6) is 0 Å². The van der Waals surface area contributed by atoms with E-state index in [1.807, 2.05) is 6.92 Å². The molecule has 0 heterocycles. The maximum atomic E-state index is 11.7. The molecule has 1 atom stereocenters. The number of benzene rings is 1. The third-order valence-electron chi connectivity index (χ3n) is 3.02. The molecule has 1 amide bonds. The Labute approximate surface area is 112 Å². The molecule has 0 radical (unpaired) electrons. The molecule has 0 aromatic heterocycles. The molecule has 0 aliphatic carbocycles. The van der Waals surface area contributed by atoms with Gasteiger partial charge in [0.1, 0.15) is 0 Å². The summed E-state index contributed by atoms with van der Waals surface area (Å²) in [5, 5.41) is 11.7. The van der Waals surface area contributed by atoms with Crippen LogP contribution in [0.1, 0.15) is 35.7 Å². The molecule has 19 heavy (non-hydrogen) atoms. The number of carbonyl (C=O) groups excluding carboxylic acids is 1. The number of aromatic carboxylic acids is 1. The summed E-state index contributed by atoms with van der Waals surface area (Å²) < 4.78 is 0. The van der Waals surface area contributed by atoms with Crippen LogP contribution in [0.2, 0.25) is 0 Å². The standard InChI is InChI=1S/C14H20N2O3/c1-9(8-15)3-6-13(17)16-11-5-4-10(2)12(7-11)14(18)19/h4-5,7,9H,3,6,8,15H2,1-2H3,(H,16,17)(H,18,19). The van der Waals surface area contributed by atoms with E-state index in [9.17, 15) is 9.59 Å². The summed E-state index contributed by atoms with van der Waals surface area (Å²) in [6.07, 6.45) is 1.11. The highest BCUT2D eigenvalue weighted by atomic mass is 16.4. The molecule has 0 spiro atoms. The molecule has 0 fully saturated rings. The summed E-state index contributed by atoms with van der Waals surface area (Å²) in [5.41, 5.74) is 6.86. The Hall–Kier alpha value is -1.88. The summed E-state index contributed by atoms with van der Waals surface area (Å²) in [6.45, 7) is 4.26. The van der Waals surface area contributed by atoms with Crippen molar-refractivity contribution in [2.45, 2.75) is 26.7 Å². The second-order valence-electron chi connectivity index (χ2n) is 4.76. The first kappa shape index (κ1) is 15.2. The van der Waals surface area contributed by atoms with E-state index in [-0.39, 0.29) is 11.5 Å². The zero-order chi connectivity index (χ0) is 14.4. The smallest absolute Gasteiger partial charge is 0.336 e. The average Bonchev–Trinajstić information content (AvgIpc) is 2.37. The van der Waals surface area contributed by atoms with Gasteiger partial charge in [-0.2, -0.15) is 0 Å². The maximum Gasteiger partial charge on any atom is 0.336 e. The van der Waals surface area contributed by atoms with Gasteiger partial charge < -0.3 is 16.2 Å². The van der Waals surface area contributed by atoms with Crippen LogP contribution >= 0.6 is 0 Å². The van der Waals surface area contributed by atoms with Crippen molar-refractivity contribution in [3.63, 3.8) is 0 Å². The summed E-state index contributed by atoms with van der Waals surface area (Å²) in [6, 6.07) is 4.86. The van der Waals surface area contributed by atoms with E-state index in [1.54, 1.807) is 19.1 Å². The minimum absolute atomic E-state index is 0.125. The molecule has 5 heteroatoms. The van der Waals surface area contributed by atoms with Gasteiger partial charge in [0.2, 0.25) is 5.91 Å². The zero-order valence-electron chi connectivity index (χ0n) is 11.3. The number of hydrogen-bond donors (Lipinski definition) is 3. The fraction of sp³-hybridized carbons (Fsp3) is 0.429. The summed E-state index contributed by atoms with van der Waals surface area (Å²) >= 11 is 0. The third kappa shape index (κ3) is 4.71. The molecule has 0 aliphatic heterocycles. The topological polar surface area (TPSA) is 92.4 Å². The molecule has 1 rings (SSSR count). The van der Waals surface area contributed by atoms with Gasteiger partial charge >= 0.3 is 5.97 Å². The Balaban J connectivity index is 2.64. The minimum atomic E-state index is -0.995. The highest BCUT2D eigenvalue weighted by Crippen LogP contribution is 2.16. The number of rotatable bonds is 6. The predicted molar refractivity (Wildman–Crippen MR) is 74.2 cm³/mol. The molecule has 0 bridgehead atoms. The molecular formula is C14H20N2O3. The van der Waals surface area contributed by atoms with Gasteiger partial charge in [-0.1, -0.05) is 13.0 Å². The molecule has 104 valence electrons. The van der Waals surface area contributed by atoms with Crippen LogP contribution in [-0.4, -0.2) is 23.5 Å². The van der Waals surface area contributed by atoms with E-state index < -0.39 is 5.97 Å². The van der Waals surface area contributed by atoms with Crippen molar-refractivity contribution in [3.8, 4) is 0 Å². The molecule has 0 saturated carbocycles. The SMILES string of the molecule is Cc1ccc(NC(=O)CCC(C)CN)cc1C(=O)O. The number of amides is 1. The fourth-order valence-corrected chi connectivity index (χ4v) is 1.65. The number of carbonyl (C=O) groups is 2. The lowest BCUT2D eigenvalue weighted by molar-refractivity contribution is -0.116.